The molecule has 0 bridgehead atoms. The summed E-state index contributed by atoms with van der Waals surface area (Å²) in [5.74, 6) is 0. The molecule has 3 heteroatoms. The maximum absolute atomic E-state index is 4.50. The highest BCUT2D eigenvalue weighted by molar-refractivity contribution is 5.70. The van der Waals surface area contributed by atoms with Gasteiger partial charge in [0.1, 0.15) is 0 Å². The molecular weight excluding hydrogens is 258 g/mol. The van der Waals surface area contributed by atoms with Gasteiger partial charge in [0.15, 0.2) is 0 Å². The zero-order valence-electron chi connectivity index (χ0n) is 12.4. The van der Waals surface area contributed by atoms with E-state index in [9.17, 15) is 0 Å². The number of nitrogens with one attached hydrogen (secondary N) is 1. The van der Waals surface area contributed by atoms with Gasteiger partial charge >= 0.3 is 0 Å². The fourth-order valence-electron chi connectivity index (χ4n) is 3.21. The Labute approximate surface area is 126 Å². The smallest absolute Gasteiger partial charge is 0.0562 e. The summed E-state index contributed by atoms with van der Waals surface area (Å²) in [5, 5.41) is 3.54. The molecule has 0 radical (unpaired) electrons. The van der Waals surface area contributed by atoms with E-state index < -0.39 is 0 Å². The second kappa shape index (κ2) is 5.15. The Bertz CT molecular complexity index is 648. The quantitative estimate of drug-likeness (QED) is 0.929. The van der Waals surface area contributed by atoms with Crippen molar-refractivity contribution >= 4 is 11.4 Å². The molecule has 1 N–H and O–H groups in total. The summed E-state index contributed by atoms with van der Waals surface area (Å²) in [6, 6.07) is 14.3. The molecule has 1 fully saturated rings. The maximum Gasteiger partial charge on any atom is 0.0562 e. The molecule has 1 unspecified atom stereocenters. The van der Waals surface area contributed by atoms with Crippen molar-refractivity contribution in [2.75, 3.05) is 4.90 Å². The number of benzene rings is 1. The van der Waals surface area contributed by atoms with Crippen LogP contribution in [0.4, 0.5) is 11.4 Å². The summed E-state index contributed by atoms with van der Waals surface area (Å²) in [6.07, 6.45) is 5.69. The number of fused-ring (bicyclic) bond motifs is 1. The molecule has 21 heavy (non-hydrogen) atoms. The van der Waals surface area contributed by atoms with Gasteiger partial charge in [-0.25, -0.2) is 0 Å². The highest BCUT2D eigenvalue weighted by Gasteiger charge is 2.27. The highest BCUT2D eigenvalue weighted by atomic mass is 15.2. The Morgan fingerprint density at radius 1 is 1.24 bits per heavy atom. The van der Waals surface area contributed by atoms with Crippen LogP contribution in [0.3, 0.4) is 0 Å². The van der Waals surface area contributed by atoms with E-state index in [1.165, 1.54) is 29.8 Å². The summed E-state index contributed by atoms with van der Waals surface area (Å²) in [6.45, 7) is 3.17. The van der Waals surface area contributed by atoms with Crippen molar-refractivity contribution in [1.82, 2.24) is 10.3 Å². The lowest BCUT2D eigenvalue weighted by molar-refractivity contribution is 0.673. The zero-order valence-corrected chi connectivity index (χ0v) is 12.4. The van der Waals surface area contributed by atoms with Gasteiger partial charge in [-0.15, -0.1) is 0 Å². The van der Waals surface area contributed by atoms with Crippen LogP contribution in [-0.2, 0) is 13.0 Å². The topological polar surface area (TPSA) is 28.2 Å². The van der Waals surface area contributed by atoms with Gasteiger partial charge in [0.2, 0.25) is 0 Å². The molecule has 0 saturated heterocycles. The summed E-state index contributed by atoms with van der Waals surface area (Å²) < 4.78 is 0. The Kier molecular flexibility index (Phi) is 3.15. The minimum absolute atomic E-state index is 0.508. The van der Waals surface area contributed by atoms with E-state index in [0.717, 1.165) is 24.7 Å². The lowest BCUT2D eigenvalue weighted by Crippen LogP contribution is -2.24. The van der Waals surface area contributed by atoms with Crippen molar-refractivity contribution in [3.8, 4) is 0 Å². The third kappa shape index (κ3) is 2.54. The Hall–Kier alpha value is -1.87. The first-order chi connectivity index (χ1) is 10.3. The molecule has 1 aromatic carbocycles. The number of anilines is 2. The Morgan fingerprint density at radius 2 is 2.10 bits per heavy atom. The van der Waals surface area contributed by atoms with Crippen molar-refractivity contribution in [3.63, 3.8) is 0 Å². The highest BCUT2D eigenvalue weighted by Crippen LogP contribution is 2.37. The second-order valence-corrected chi connectivity index (χ2v) is 6.21. The Balaban J connectivity index is 1.61. The maximum atomic E-state index is 4.50. The zero-order chi connectivity index (χ0) is 14.2. The van der Waals surface area contributed by atoms with Crippen LogP contribution in [-0.4, -0.2) is 17.1 Å². The van der Waals surface area contributed by atoms with Gasteiger partial charge in [-0.1, -0.05) is 18.2 Å². The number of nitrogens with zero attached hydrogens (tertiary/aromatic N) is 2. The molecule has 2 aromatic rings. The molecule has 108 valence electrons. The predicted molar refractivity (Wildman–Crippen MR) is 85.8 cm³/mol. The molecule has 1 atom stereocenters. The SMILES string of the molecule is CC1Cc2ccccc2N1c1ccnc(CNC2CC2)c1. The minimum Gasteiger partial charge on any atom is -0.338 e. The fourth-order valence-corrected chi connectivity index (χ4v) is 3.21. The summed E-state index contributed by atoms with van der Waals surface area (Å²) in [7, 11) is 0. The van der Waals surface area contributed by atoms with Gasteiger partial charge in [-0.3, -0.25) is 4.98 Å². The van der Waals surface area contributed by atoms with E-state index in [2.05, 4.69) is 58.5 Å². The average molecular weight is 279 g/mol. The normalized spacial score (nSPS) is 20.6. The molecular formula is C18H21N3. The van der Waals surface area contributed by atoms with Crippen molar-refractivity contribution in [3.05, 3.63) is 53.9 Å². The molecule has 1 aliphatic carbocycles. The summed E-state index contributed by atoms with van der Waals surface area (Å²) in [5.41, 5.74) is 5.18. The van der Waals surface area contributed by atoms with Crippen LogP contribution in [0.1, 0.15) is 31.0 Å². The fraction of sp³-hybridized carbons (Fsp3) is 0.389. The number of hydrogen-bond acceptors (Lipinski definition) is 3. The van der Waals surface area contributed by atoms with Crippen LogP contribution in [0.5, 0.6) is 0 Å². The number of aromatic nitrogens is 1. The lowest BCUT2D eigenvalue weighted by atomic mass is 10.1. The second-order valence-electron chi connectivity index (χ2n) is 6.21. The van der Waals surface area contributed by atoms with Gasteiger partial charge in [0.25, 0.3) is 0 Å². The van der Waals surface area contributed by atoms with Gasteiger partial charge in [-0.2, -0.15) is 0 Å². The van der Waals surface area contributed by atoms with E-state index >= 15 is 0 Å². The third-order valence-electron chi connectivity index (χ3n) is 4.43. The summed E-state index contributed by atoms with van der Waals surface area (Å²) >= 11 is 0. The number of para-hydroxylation sites is 1. The van der Waals surface area contributed by atoms with E-state index in [1.54, 1.807) is 0 Å². The molecule has 0 spiro atoms. The van der Waals surface area contributed by atoms with Crippen molar-refractivity contribution in [1.29, 1.82) is 0 Å². The van der Waals surface area contributed by atoms with Crippen molar-refractivity contribution in [2.45, 2.75) is 44.8 Å². The van der Waals surface area contributed by atoms with Crippen LogP contribution in [0.25, 0.3) is 0 Å². The largest absolute Gasteiger partial charge is 0.338 e. The number of hydrogen-bond donors (Lipinski definition) is 1. The van der Waals surface area contributed by atoms with Gasteiger partial charge in [0.05, 0.1) is 5.69 Å². The first-order valence-electron chi connectivity index (χ1n) is 7.87. The van der Waals surface area contributed by atoms with E-state index in [0.29, 0.717) is 6.04 Å². The third-order valence-corrected chi connectivity index (χ3v) is 4.43. The molecule has 1 saturated carbocycles. The van der Waals surface area contributed by atoms with E-state index in [-0.39, 0.29) is 0 Å². The first-order valence-corrected chi connectivity index (χ1v) is 7.87. The van der Waals surface area contributed by atoms with E-state index in [1.807, 2.05) is 6.20 Å². The molecule has 1 aromatic heterocycles. The number of pyridine rings is 1. The monoisotopic (exact) mass is 279 g/mol. The van der Waals surface area contributed by atoms with Crippen LogP contribution in [0.15, 0.2) is 42.6 Å². The van der Waals surface area contributed by atoms with Crippen LogP contribution >= 0.6 is 0 Å². The standard InChI is InChI=1S/C18H21N3/c1-13-10-14-4-2-3-5-18(14)21(13)17-8-9-19-16(11-17)12-20-15-6-7-15/h2-5,8-9,11,13,15,20H,6-7,10,12H2,1H3. The minimum atomic E-state index is 0.508. The molecule has 1 aliphatic heterocycles. The predicted octanol–water partition coefficient (Wildman–Crippen LogP) is 3.42. The first kappa shape index (κ1) is 12.8. The van der Waals surface area contributed by atoms with Gasteiger partial charge in [0, 0.05) is 36.2 Å². The molecule has 0 amide bonds. The molecule has 3 nitrogen and oxygen atoms in total. The summed E-state index contributed by atoms with van der Waals surface area (Å²) in [4.78, 5) is 6.94. The Morgan fingerprint density at radius 3 is 2.95 bits per heavy atom. The average Bonchev–Trinajstić information content (AvgIpc) is 3.26. The lowest BCUT2D eigenvalue weighted by Gasteiger charge is -2.25. The molecule has 2 aliphatic rings. The van der Waals surface area contributed by atoms with Gasteiger partial charge < -0.3 is 10.2 Å². The van der Waals surface area contributed by atoms with E-state index in [4.69, 9.17) is 0 Å². The molecule has 4 rings (SSSR count). The van der Waals surface area contributed by atoms with Crippen LogP contribution in [0.2, 0.25) is 0 Å². The van der Waals surface area contributed by atoms with Crippen LogP contribution < -0.4 is 10.2 Å². The van der Waals surface area contributed by atoms with Crippen molar-refractivity contribution in [2.24, 2.45) is 0 Å². The van der Waals surface area contributed by atoms with Gasteiger partial charge in [-0.05, 0) is 49.9 Å². The van der Waals surface area contributed by atoms with Crippen LogP contribution in [0, 0.1) is 0 Å². The number of rotatable bonds is 4. The molecule has 2 heterocycles. The van der Waals surface area contributed by atoms with Crippen molar-refractivity contribution < 1.29 is 0 Å².